The van der Waals surface area contributed by atoms with Crippen LogP contribution in [0.3, 0.4) is 0 Å². The second kappa shape index (κ2) is 10.9. The first-order chi connectivity index (χ1) is 16.2. The molecule has 6 heteroatoms. The van der Waals surface area contributed by atoms with Crippen LogP contribution in [0.5, 0.6) is 5.75 Å². The highest BCUT2D eigenvalue weighted by molar-refractivity contribution is 5.85. The van der Waals surface area contributed by atoms with Crippen LogP contribution < -0.4 is 4.74 Å². The van der Waals surface area contributed by atoms with Gasteiger partial charge in [-0.1, -0.05) is 48.5 Å². The Balaban J connectivity index is 0.00000274. The lowest BCUT2D eigenvalue weighted by atomic mass is 10.1. The number of benzene rings is 3. The van der Waals surface area contributed by atoms with E-state index < -0.39 is 0 Å². The van der Waals surface area contributed by atoms with E-state index in [0.29, 0.717) is 0 Å². The number of halogens is 1. The lowest BCUT2D eigenvalue weighted by Crippen LogP contribution is -2.18. The minimum absolute atomic E-state index is 0. The molecule has 1 unspecified atom stereocenters. The van der Waals surface area contributed by atoms with Crippen LogP contribution in [-0.4, -0.2) is 39.9 Å². The quantitative estimate of drug-likeness (QED) is 0.317. The molecule has 176 valence electrons. The predicted molar refractivity (Wildman–Crippen MR) is 139 cm³/mol. The maximum Gasteiger partial charge on any atom is 0.181 e. The summed E-state index contributed by atoms with van der Waals surface area (Å²) in [6.07, 6.45) is 2.60. The van der Waals surface area contributed by atoms with E-state index >= 15 is 0 Å². The first-order valence-corrected chi connectivity index (χ1v) is 11.7. The van der Waals surface area contributed by atoms with Crippen LogP contribution in [0.2, 0.25) is 0 Å². The maximum atomic E-state index is 5.35. The lowest BCUT2D eigenvalue weighted by Gasteiger charge is -2.15. The molecule has 1 saturated heterocycles. The molecule has 2 heterocycles. The molecular formula is C28H31ClN4O. The fourth-order valence-corrected chi connectivity index (χ4v) is 4.53. The molecule has 1 aliphatic heterocycles. The molecule has 4 aromatic rings. The Morgan fingerprint density at radius 3 is 2.32 bits per heavy atom. The maximum absolute atomic E-state index is 5.35. The number of hydrogen-bond donors (Lipinski definition) is 0. The molecule has 5 rings (SSSR count). The zero-order valence-electron chi connectivity index (χ0n) is 19.7. The summed E-state index contributed by atoms with van der Waals surface area (Å²) in [4.78, 5) is 7.54. The number of aromatic nitrogens is 3. The average Bonchev–Trinajstić information content (AvgIpc) is 3.55. The molecule has 0 bridgehead atoms. The topological polar surface area (TPSA) is 43.2 Å². The molecule has 0 N–H and O–H groups in total. The van der Waals surface area contributed by atoms with Crippen LogP contribution in [0.25, 0.3) is 22.8 Å². The van der Waals surface area contributed by atoms with E-state index in [9.17, 15) is 0 Å². The van der Waals surface area contributed by atoms with E-state index in [1.54, 1.807) is 7.11 Å². The van der Waals surface area contributed by atoms with Gasteiger partial charge in [0.1, 0.15) is 5.75 Å². The second-order valence-corrected chi connectivity index (χ2v) is 8.70. The van der Waals surface area contributed by atoms with Crippen LogP contribution in [0.1, 0.15) is 36.9 Å². The summed E-state index contributed by atoms with van der Waals surface area (Å²) in [5.41, 5.74) is 4.59. The minimum Gasteiger partial charge on any atom is -0.497 e. The number of likely N-dealkylation sites (tertiary alicyclic amines) is 1. The van der Waals surface area contributed by atoms with Crippen LogP contribution >= 0.6 is 12.4 Å². The second-order valence-electron chi connectivity index (χ2n) is 8.70. The van der Waals surface area contributed by atoms with E-state index in [1.165, 1.54) is 37.1 Å². The largest absolute Gasteiger partial charge is 0.497 e. The normalized spacial score (nSPS) is 14.5. The highest BCUT2D eigenvalue weighted by Crippen LogP contribution is 2.29. The van der Waals surface area contributed by atoms with Crippen molar-refractivity contribution in [1.82, 2.24) is 19.7 Å². The van der Waals surface area contributed by atoms with Crippen LogP contribution in [-0.2, 0) is 6.54 Å². The fraction of sp³-hybridized carbons (Fsp3) is 0.286. The van der Waals surface area contributed by atoms with Gasteiger partial charge >= 0.3 is 0 Å². The number of hydrogen-bond acceptors (Lipinski definition) is 4. The van der Waals surface area contributed by atoms with Crippen molar-refractivity contribution in [2.45, 2.75) is 32.4 Å². The number of rotatable bonds is 7. The van der Waals surface area contributed by atoms with Gasteiger partial charge in [0.25, 0.3) is 0 Å². The molecule has 3 aromatic carbocycles. The van der Waals surface area contributed by atoms with Gasteiger partial charge in [-0.2, -0.15) is 0 Å². The molecule has 1 aliphatic rings. The zero-order chi connectivity index (χ0) is 22.6. The number of nitrogens with zero attached hydrogens (tertiary/aromatic N) is 4. The van der Waals surface area contributed by atoms with Gasteiger partial charge in [0.2, 0.25) is 0 Å². The van der Waals surface area contributed by atoms with Crippen molar-refractivity contribution in [3.8, 4) is 28.5 Å². The fourth-order valence-electron chi connectivity index (χ4n) is 4.53. The summed E-state index contributed by atoms with van der Waals surface area (Å²) in [6.45, 7) is 5.53. The Kier molecular flexibility index (Phi) is 7.66. The van der Waals surface area contributed by atoms with Crippen molar-refractivity contribution in [3.63, 3.8) is 0 Å². The molecule has 34 heavy (non-hydrogen) atoms. The molecule has 1 aromatic heterocycles. The summed E-state index contributed by atoms with van der Waals surface area (Å²) in [6, 6.07) is 27.2. The molecule has 1 atom stereocenters. The Morgan fingerprint density at radius 2 is 1.62 bits per heavy atom. The summed E-state index contributed by atoms with van der Waals surface area (Å²) in [5, 5.41) is 5.01. The summed E-state index contributed by atoms with van der Waals surface area (Å²) in [5.74, 6) is 2.44. The van der Waals surface area contributed by atoms with Crippen molar-refractivity contribution in [3.05, 3.63) is 90.0 Å². The lowest BCUT2D eigenvalue weighted by molar-refractivity contribution is 0.331. The summed E-state index contributed by atoms with van der Waals surface area (Å²) < 4.78 is 7.39. The summed E-state index contributed by atoms with van der Waals surface area (Å²) >= 11 is 0. The Morgan fingerprint density at radius 1 is 0.882 bits per heavy atom. The molecule has 0 saturated carbocycles. The van der Waals surface area contributed by atoms with Gasteiger partial charge in [0, 0.05) is 17.7 Å². The van der Waals surface area contributed by atoms with E-state index in [4.69, 9.17) is 14.8 Å². The standard InChI is InChI=1S/C28H30N4O.ClH/c1-21(23-10-4-3-5-11-23)32-28(24-13-15-26(33-2)16-14-24)29-27(30-32)25-12-8-9-22(19-25)20-31-17-6-7-18-31;/h3-5,8-16,19,21H,6-7,17-18,20H2,1-2H3;1H. The van der Waals surface area contributed by atoms with Crippen LogP contribution in [0, 0.1) is 0 Å². The molecule has 1 fully saturated rings. The minimum atomic E-state index is 0. The highest BCUT2D eigenvalue weighted by atomic mass is 35.5. The Labute approximate surface area is 207 Å². The van der Waals surface area contributed by atoms with Crippen LogP contribution in [0.15, 0.2) is 78.9 Å². The third kappa shape index (κ3) is 5.16. The van der Waals surface area contributed by atoms with E-state index in [1.807, 2.05) is 35.0 Å². The molecule has 5 nitrogen and oxygen atoms in total. The first kappa shape index (κ1) is 24.0. The molecule has 0 amide bonds. The first-order valence-electron chi connectivity index (χ1n) is 11.7. The van der Waals surface area contributed by atoms with Gasteiger partial charge < -0.3 is 4.74 Å². The number of ether oxygens (including phenoxy) is 1. The highest BCUT2D eigenvalue weighted by Gasteiger charge is 2.20. The smallest absolute Gasteiger partial charge is 0.181 e. The van der Waals surface area contributed by atoms with Crippen molar-refractivity contribution >= 4 is 12.4 Å². The molecule has 0 spiro atoms. The van der Waals surface area contributed by atoms with Gasteiger partial charge in [-0.15, -0.1) is 17.5 Å². The third-order valence-corrected chi connectivity index (χ3v) is 6.42. The van der Waals surface area contributed by atoms with Gasteiger partial charge in [0.05, 0.1) is 13.2 Å². The van der Waals surface area contributed by atoms with E-state index in [2.05, 4.69) is 60.4 Å². The molecular weight excluding hydrogens is 444 g/mol. The van der Waals surface area contributed by atoms with Crippen molar-refractivity contribution < 1.29 is 4.74 Å². The monoisotopic (exact) mass is 474 g/mol. The Hall–Kier alpha value is -3.15. The van der Waals surface area contributed by atoms with Gasteiger partial charge in [0.15, 0.2) is 11.6 Å². The van der Waals surface area contributed by atoms with Crippen molar-refractivity contribution in [1.29, 1.82) is 0 Å². The number of methoxy groups -OCH3 is 1. The van der Waals surface area contributed by atoms with Gasteiger partial charge in [-0.3, -0.25) is 4.90 Å². The van der Waals surface area contributed by atoms with Crippen molar-refractivity contribution in [2.24, 2.45) is 0 Å². The van der Waals surface area contributed by atoms with E-state index in [0.717, 1.165) is 35.1 Å². The van der Waals surface area contributed by atoms with Gasteiger partial charge in [-0.25, -0.2) is 9.67 Å². The predicted octanol–water partition coefficient (Wildman–Crippen LogP) is 6.25. The van der Waals surface area contributed by atoms with Crippen LogP contribution in [0.4, 0.5) is 0 Å². The van der Waals surface area contributed by atoms with Gasteiger partial charge in [-0.05, 0) is 74.3 Å². The SMILES string of the molecule is COc1ccc(-c2nc(-c3cccc(CN4CCCC4)c3)nn2C(C)c2ccccc2)cc1.Cl. The van der Waals surface area contributed by atoms with Crippen molar-refractivity contribution in [2.75, 3.05) is 20.2 Å². The average molecular weight is 475 g/mol. The Bertz CT molecular complexity index is 1200. The molecule has 0 aliphatic carbocycles. The molecule has 0 radical (unpaired) electrons. The summed E-state index contributed by atoms with van der Waals surface area (Å²) in [7, 11) is 1.68. The van der Waals surface area contributed by atoms with E-state index in [-0.39, 0.29) is 18.4 Å². The zero-order valence-corrected chi connectivity index (χ0v) is 20.5. The third-order valence-electron chi connectivity index (χ3n) is 6.42.